The Morgan fingerprint density at radius 1 is 1.25 bits per heavy atom. The molecule has 0 aliphatic rings. The van der Waals surface area contributed by atoms with E-state index < -0.39 is 0 Å². The van der Waals surface area contributed by atoms with Gasteiger partial charge in [-0.2, -0.15) is 0 Å². The van der Waals surface area contributed by atoms with Crippen LogP contribution in [0.3, 0.4) is 0 Å². The highest BCUT2D eigenvalue weighted by molar-refractivity contribution is 7.99. The van der Waals surface area contributed by atoms with Crippen LogP contribution in [0.5, 0.6) is 0 Å². The summed E-state index contributed by atoms with van der Waals surface area (Å²) in [5.74, 6) is 2.90. The minimum Gasteiger partial charge on any atom is -0.460 e. The molecule has 0 amide bonds. The van der Waals surface area contributed by atoms with E-state index in [9.17, 15) is 4.79 Å². The van der Waals surface area contributed by atoms with Crippen LogP contribution in [0, 0.1) is 12.3 Å². The van der Waals surface area contributed by atoms with Gasteiger partial charge in [0.25, 0.3) is 0 Å². The third-order valence-electron chi connectivity index (χ3n) is 2.01. The van der Waals surface area contributed by atoms with Crippen LogP contribution >= 0.6 is 11.8 Å². The molecule has 0 atom stereocenters. The molecule has 0 radical (unpaired) electrons. The van der Waals surface area contributed by atoms with Crippen molar-refractivity contribution in [2.75, 3.05) is 0 Å². The molecule has 0 bridgehead atoms. The van der Waals surface area contributed by atoms with Crippen molar-refractivity contribution in [3.05, 3.63) is 47.9 Å². The summed E-state index contributed by atoms with van der Waals surface area (Å²) in [4.78, 5) is 12.5. The van der Waals surface area contributed by atoms with E-state index in [0.29, 0.717) is 12.0 Å². The second kappa shape index (κ2) is 4.73. The minimum atomic E-state index is 0.353. The normalized spacial score (nSPS) is 9.69. The Morgan fingerprint density at radius 3 is 2.62 bits per heavy atom. The quantitative estimate of drug-likeness (QED) is 0.597. The fraction of sp³-hybridized carbons (Fsp3) is 0. The molecular formula is C13H8O2S. The summed E-state index contributed by atoms with van der Waals surface area (Å²) in [6.07, 6.45) is 7.47. The molecule has 16 heavy (non-hydrogen) atoms. The van der Waals surface area contributed by atoms with E-state index >= 15 is 0 Å². The number of carbonyl (C=O) groups excluding carboxylic acids is 1. The molecule has 1 aromatic heterocycles. The van der Waals surface area contributed by atoms with Gasteiger partial charge < -0.3 is 4.42 Å². The molecule has 1 aromatic carbocycles. The first-order valence-corrected chi connectivity index (χ1v) is 5.42. The maximum absolute atomic E-state index is 10.6. The van der Waals surface area contributed by atoms with Gasteiger partial charge in [0.2, 0.25) is 0 Å². The fourth-order valence-corrected chi connectivity index (χ4v) is 2.07. The summed E-state index contributed by atoms with van der Waals surface area (Å²) in [6.45, 7) is 0. The van der Waals surface area contributed by atoms with Crippen LogP contribution in [0.15, 0.2) is 50.8 Å². The standard InChI is InChI=1S/C13H8O2S/c1-2-10-3-5-11(6-4-10)16-13-7-8-15-12(13)9-14/h1,3-9H. The lowest BCUT2D eigenvalue weighted by molar-refractivity contribution is 0.109. The largest absolute Gasteiger partial charge is 0.460 e. The van der Waals surface area contributed by atoms with Gasteiger partial charge in [0.05, 0.1) is 11.2 Å². The molecule has 0 aliphatic carbocycles. The highest BCUT2D eigenvalue weighted by Gasteiger charge is 2.06. The van der Waals surface area contributed by atoms with Crippen LogP contribution in [0.1, 0.15) is 16.1 Å². The number of hydrogen-bond donors (Lipinski definition) is 0. The fourth-order valence-electron chi connectivity index (χ4n) is 1.23. The van der Waals surface area contributed by atoms with Crippen LogP contribution in [0.4, 0.5) is 0 Å². The van der Waals surface area contributed by atoms with Gasteiger partial charge in [0, 0.05) is 10.5 Å². The molecule has 0 saturated carbocycles. The van der Waals surface area contributed by atoms with Gasteiger partial charge in [-0.05, 0) is 30.3 Å². The molecule has 3 heteroatoms. The third kappa shape index (κ3) is 2.18. The molecule has 0 fully saturated rings. The highest BCUT2D eigenvalue weighted by Crippen LogP contribution is 2.30. The Bertz CT molecular complexity index is 532. The molecule has 2 rings (SSSR count). The van der Waals surface area contributed by atoms with E-state index in [1.807, 2.05) is 24.3 Å². The minimum absolute atomic E-state index is 0.353. The van der Waals surface area contributed by atoms with Gasteiger partial charge in [0.15, 0.2) is 12.0 Å². The zero-order valence-corrected chi connectivity index (χ0v) is 9.16. The molecule has 1 heterocycles. The summed E-state index contributed by atoms with van der Waals surface area (Å²) < 4.78 is 5.01. The van der Waals surface area contributed by atoms with Gasteiger partial charge in [-0.15, -0.1) is 6.42 Å². The predicted octanol–water partition coefficient (Wildman–Crippen LogP) is 3.22. The summed E-state index contributed by atoms with van der Waals surface area (Å²) in [5, 5.41) is 0. The van der Waals surface area contributed by atoms with Crippen molar-refractivity contribution in [1.29, 1.82) is 0 Å². The maximum atomic E-state index is 10.6. The number of terminal acetylenes is 1. The Hall–Kier alpha value is -1.92. The summed E-state index contributed by atoms with van der Waals surface area (Å²) in [7, 11) is 0. The van der Waals surface area contributed by atoms with Crippen LogP contribution < -0.4 is 0 Å². The van der Waals surface area contributed by atoms with Crippen molar-refractivity contribution in [2.45, 2.75) is 9.79 Å². The molecular weight excluding hydrogens is 220 g/mol. The molecule has 0 saturated heterocycles. The van der Waals surface area contributed by atoms with Crippen molar-refractivity contribution in [3.8, 4) is 12.3 Å². The zero-order chi connectivity index (χ0) is 11.4. The molecule has 2 nitrogen and oxygen atoms in total. The van der Waals surface area contributed by atoms with Crippen molar-refractivity contribution in [1.82, 2.24) is 0 Å². The first kappa shape index (κ1) is 10.6. The maximum Gasteiger partial charge on any atom is 0.186 e. The number of hydrogen-bond acceptors (Lipinski definition) is 3. The number of carbonyl (C=O) groups is 1. The van der Waals surface area contributed by atoms with Crippen LogP contribution in [-0.2, 0) is 0 Å². The summed E-state index contributed by atoms with van der Waals surface area (Å²) in [5.41, 5.74) is 0.840. The zero-order valence-electron chi connectivity index (χ0n) is 8.34. The number of furan rings is 1. The topological polar surface area (TPSA) is 30.2 Å². The monoisotopic (exact) mass is 228 g/mol. The molecule has 2 aromatic rings. The van der Waals surface area contributed by atoms with E-state index in [4.69, 9.17) is 10.8 Å². The molecule has 0 spiro atoms. The lowest BCUT2D eigenvalue weighted by Gasteiger charge is -1.99. The predicted molar refractivity (Wildman–Crippen MR) is 62.6 cm³/mol. The number of rotatable bonds is 3. The smallest absolute Gasteiger partial charge is 0.186 e. The van der Waals surface area contributed by atoms with Gasteiger partial charge in [0.1, 0.15) is 0 Å². The molecule has 0 N–H and O–H groups in total. The number of aldehydes is 1. The van der Waals surface area contributed by atoms with Crippen molar-refractivity contribution in [2.24, 2.45) is 0 Å². The SMILES string of the molecule is C#Cc1ccc(Sc2ccoc2C=O)cc1. The Morgan fingerprint density at radius 2 is 2.00 bits per heavy atom. The molecule has 0 unspecified atom stereocenters. The lowest BCUT2D eigenvalue weighted by atomic mass is 10.2. The highest BCUT2D eigenvalue weighted by atomic mass is 32.2. The second-order valence-electron chi connectivity index (χ2n) is 3.04. The van der Waals surface area contributed by atoms with E-state index in [2.05, 4.69) is 5.92 Å². The molecule has 0 aliphatic heterocycles. The van der Waals surface area contributed by atoms with Crippen molar-refractivity contribution >= 4 is 18.0 Å². The Labute approximate surface area is 97.7 Å². The summed E-state index contributed by atoms with van der Waals surface area (Å²) in [6, 6.07) is 9.33. The van der Waals surface area contributed by atoms with Crippen LogP contribution in [0.25, 0.3) is 0 Å². The van der Waals surface area contributed by atoms with Gasteiger partial charge in [-0.25, -0.2) is 0 Å². The Balaban J connectivity index is 2.21. The van der Waals surface area contributed by atoms with Crippen LogP contribution in [-0.4, -0.2) is 6.29 Å². The third-order valence-corrected chi connectivity index (χ3v) is 3.08. The van der Waals surface area contributed by atoms with Gasteiger partial charge >= 0.3 is 0 Å². The number of benzene rings is 1. The van der Waals surface area contributed by atoms with E-state index in [1.54, 1.807) is 6.07 Å². The average molecular weight is 228 g/mol. The lowest BCUT2D eigenvalue weighted by Crippen LogP contribution is -1.78. The summed E-state index contributed by atoms with van der Waals surface area (Å²) >= 11 is 1.47. The van der Waals surface area contributed by atoms with Crippen LogP contribution in [0.2, 0.25) is 0 Å². The average Bonchev–Trinajstić information content (AvgIpc) is 2.77. The first-order chi connectivity index (χ1) is 7.83. The van der Waals surface area contributed by atoms with E-state index in [-0.39, 0.29) is 0 Å². The van der Waals surface area contributed by atoms with E-state index in [0.717, 1.165) is 15.4 Å². The van der Waals surface area contributed by atoms with Crippen molar-refractivity contribution in [3.63, 3.8) is 0 Å². The van der Waals surface area contributed by atoms with Crippen molar-refractivity contribution < 1.29 is 9.21 Å². The Kier molecular flexibility index (Phi) is 3.13. The second-order valence-corrected chi connectivity index (χ2v) is 4.15. The van der Waals surface area contributed by atoms with Gasteiger partial charge in [-0.3, -0.25) is 4.79 Å². The first-order valence-electron chi connectivity index (χ1n) is 4.60. The van der Waals surface area contributed by atoms with Gasteiger partial charge in [-0.1, -0.05) is 17.7 Å². The molecule has 78 valence electrons. The van der Waals surface area contributed by atoms with E-state index in [1.165, 1.54) is 18.0 Å².